The molecule has 21 heavy (non-hydrogen) atoms. The van der Waals surface area contributed by atoms with E-state index in [1.54, 1.807) is 16.9 Å². The predicted octanol–water partition coefficient (Wildman–Crippen LogP) is 0.219. The van der Waals surface area contributed by atoms with Crippen molar-refractivity contribution in [3.63, 3.8) is 0 Å². The molecule has 114 valence electrons. The summed E-state index contributed by atoms with van der Waals surface area (Å²) in [7, 11) is 3.77. The maximum Gasteiger partial charge on any atom is 0.269 e. The lowest BCUT2D eigenvalue weighted by atomic mass is 10.3. The van der Waals surface area contributed by atoms with Crippen molar-refractivity contribution >= 4 is 5.69 Å². The fourth-order valence-corrected chi connectivity index (χ4v) is 2.03. The lowest BCUT2D eigenvalue weighted by Gasteiger charge is -2.08. The zero-order valence-electron chi connectivity index (χ0n) is 12.8. The van der Waals surface area contributed by atoms with E-state index in [4.69, 9.17) is 0 Å². The third-order valence-corrected chi connectivity index (χ3v) is 3.28. The molecule has 0 amide bonds. The van der Waals surface area contributed by atoms with Gasteiger partial charge in [-0.05, 0) is 19.5 Å². The monoisotopic (exact) mass is 290 g/mol. The maximum atomic E-state index is 12.1. The van der Waals surface area contributed by atoms with E-state index in [0.29, 0.717) is 6.54 Å². The first-order valence-electron chi connectivity index (χ1n) is 7.11. The molecule has 0 unspecified atom stereocenters. The third kappa shape index (κ3) is 3.91. The first kappa shape index (κ1) is 15.2. The molecule has 0 radical (unpaired) electrons. The molecule has 0 fully saturated rings. The van der Waals surface area contributed by atoms with Gasteiger partial charge in [0, 0.05) is 26.2 Å². The van der Waals surface area contributed by atoms with Crippen molar-refractivity contribution in [3.05, 3.63) is 40.1 Å². The lowest BCUT2D eigenvalue weighted by molar-refractivity contribution is 0.590. The number of anilines is 1. The Bertz CT molecular complexity index is 645. The van der Waals surface area contributed by atoms with Crippen LogP contribution < -0.4 is 16.2 Å². The van der Waals surface area contributed by atoms with Gasteiger partial charge in [-0.3, -0.25) is 9.48 Å². The average molecular weight is 290 g/mol. The second kappa shape index (κ2) is 7.03. The number of hydrogen-bond donors (Lipinski definition) is 2. The average Bonchev–Trinajstić information content (AvgIpc) is 2.82. The van der Waals surface area contributed by atoms with E-state index < -0.39 is 0 Å². The van der Waals surface area contributed by atoms with E-state index >= 15 is 0 Å². The van der Waals surface area contributed by atoms with Gasteiger partial charge in [-0.25, -0.2) is 4.68 Å². The topological polar surface area (TPSA) is 76.8 Å². The van der Waals surface area contributed by atoms with E-state index in [0.717, 1.165) is 36.6 Å². The summed E-state index contributed by atoms with van der Waals surface area (Å²) < 4.78 is 3.24. The molecule has 7 nitrogen and oxygen atoms in total. The fourth-order valence-electron chi connectivity index (χ4n) is 2.03. The largest absolute Gasteiger partial charge is 0.382 e. The lowest BCUT2D eigenvalue weighted by Crippen LogP contribution is -2.25. The van der Waals surface area contributed by atoms with Crippen molar-refractivity contribution in [2.24, 2.45) is 7.05 Å². The smallest absolute Gasteiger partial charge is 0.269 e. The van der Waals surface area contributed by atoms with Crippen LogP contribution in [0.2, 0.25) is 0 Å². The minimum absolute atomic E-state index is 0.122. The van der Waals surface area contributed by atoms with Crippen LogP contribution in [0.5, 0.6) is 0 Å². The number of nitrogens with one attached hydrogen (secondary N) is 2. The normalized spacial score (nSPS) is 10.8. The Hall–Kier alpha value is -2.15. The molecule has 2 rings (SSSR count). The summed E-state index contributed by atoms with van der Waals surface area (Å²) in [6.45, 7) is 4.07. The van der Waals surface area contributed by atoms with Gasteiger partial charge >= 0.3 is 0 Å². The van der Waals surface area contributed by atoms with E-state index in [9.17, 15) is 4.79 Å². The zero-order valence-corrected chi connectivity index (χ0v) is 12.8. The highest BCUT2D eigenvalue weighted by Crippen LogP contribution is 2.05. The van der Waals surface area contributed by atoms with Crippen LogP contribution in [0.15, 0.2) is 23.1 Å². The molecule has 0 aromatic carbocycles. The number of aryl methyl sites for hydroxylation is 2. The molecular weight excluding hydrogens is 268 g/mol. The van der Waals surface area contributed by atoms with Gasteiger partial charge in [0.15, 0.2) is 0 Å². The minimum atomic E-state index is -0.122. The van der Waals surface area contributed by atoms with Gasteiger partial charge in [-0.1, -0.05) is 6.92 Å². The zero-order chi connectivity index (χ0) is 15.2. The summed E-state index contributed by atoms with van der Waals surface area (Å²) in [5, 5.41) is 14.8. The Morgan fingerprint density at radius 3 is 2.71 bits per heavy atom. The van der Waals surface area contributed by atoms with Crippen LogP contribution in [0.1, 0.15) is 18.3 Å². The molecule has 2 heterocycles. The molecule has 0 spiro atoms. The highest BCUT2D eigenvalue weighted by Gasteiger charge is 2.07. The molecule has 7 heteroatoms. The fraction of sp³-hybridized carbons (Fsp3) is 0.500. The molecule has 2 aromatic rings. The summed E-state index contributed by atoms with van der Waals surface area (Å²) in [6.07, 6.45) is 2.55. The molecule has 0 aliphatic carbocycles. The highest BCUT2D eigenvalue weighted by atomic mass is 16.1. The predicted molar refractivity (Wildman–Crippen MR) is 82.6 cm³/mol. The first-order valence-corrected chi connectivity index (χ1v) is 7.11. The van der Waals surface area contributed by atoms with Gasteiger partial charge in [0.25, 0.3) is 5.56 Å². The van der Waals surface area contributed by atoms with Gasteiger partial charge in [-0.15, -0.1) is 0 Å². The van der Waals surface area contributed by atoms with Crippen LogP contribution >= 0.6 is 0 Å². The van der Waals surface area contributed by atoms with E-state index in [2.05, 4.69) is 27.8 Å². The summed E-state index contributed by atoms with van der Waals surface area (Å²) in [4.78, 5) is 12.1. The molecule has 0 aliphatic heterocycles. The number of likely N-dealkylation sites (N-methyl/N-ethyl adjacent to an activating group) is 1. The van der Waals surface area contributed by atoms with Crippen LogP contribution in [0, 0.1) is 0 Å². The van der Waals surface area contributed by atoms with Gasteiger partial charge in [0.1, 0.15) is 0 Å². The Morgan fingerprint density at radius 2 is 2.10 bits per heavy atom. The molecule has 0 atom stereocenters. The van der Waals surface area contributed by atoms with Crippen LogP contribution in [0.25, 0.3) is 0 Å². The number of aromatic nitrogens is 4. The van der Waals surface area contributed by atoms with E-state index in [1.807, 2.05) is 20.2 Å². The summed E-state index contributed by atoms with van der Waals surface area (Å²) in [5.41, 5.74) is 2.61. The van der Waals surface area contributed by atoms with E-state index in [-0.39, 0.29) is 5.56 Å². The van der Waals surface area contributed by atoms with Gasteiger partial charge in [-0.2, -0.15) is 10.2 Å². The molecule has 0 saturated heterocycles. The second-order valence-electron chi connectivity index (χ2n) is 4.87. The molecule has 0 aliphatic rings. The Labute approximate surface area is 124 Å². The van der Waals surface area contributed by atoms with Crippen LogP contribution in [-0.2, 0) is 20.0 Å². The Balaban J connectivity index is 2.10. The quantitative estimate of drug-likeness (QED) is 0.713. The van der Waals surface area contributed by atoms with Gasteiger partial charge in [0.05, 0.1) is 29.8 Å². The van der Waals surface area contributed by atoms with Crippen LogP contribution in [-0.4, -0.2) is 39.7 Å². The van der Waals surface area contributed by atoms with Crippen molar-refractivity contribution in [1.29, 1.82) is 0 Å². The summed E-state index contributed by atoms with van der Waals surface area (Å²) in [6, 6.07) is 3.58. The van der Waals surface area contributed by atoms with Crippen molar-refractivity contribution in [2.45, 2.75) is 19.9 Å². The first-order chi connectivity index (χ1) is 10.1. The highest BCUT2D eigenvalue weighted by molar-refractivity contribution is 5.38. The van der Waals surface area contributed by atoms with Crippen molar-refractivity contribution in [1.82, 2.24) is 24.9 Å². The molecule has 2 N–H and O–H groups in total. The molecule has 0 bridgehead atoms. The number of hydrogen-bond acceptors (Lipinski definition) is 5. The molecule has 0 saturated carbocycles. The standard InChI is InChI=1S/C14H22N6O/c1-4-11-7-13(19(3)18-11)10-20-14(21)8-12(9-17-20)16-6-5-15-2/h7-9,15-16H,4-6,10H2,1-3H3. The van der Waals surface area contributed by atoms with Crippen molar-refractivity contribution in [3.8, 4) is 0 Å². The van der Waals surface area contributed by atoms with Crippen molar-refractivity contribution < 1.29 is 0 Å². The minimum Gasteiger partial charge on any atom is -0.382 e. The number of rotatable bonds is 7. The van der Waals surface area contributed by atoms with Crippen LogP contribution in [0.4, 0.5) is 5.69 Å². The Kier molecular flexibility index (Phi) is 5.10. The molecule has 2 aromatic heterocycles. The summed E-state index contributed by atoms with van der Waals surface area (Å²) in [5.74, 6) is 0. The van der Waals surface area contributed by atoms with Gasteiger partial charge < -0.3 is 10.6 Å². The second-order valence-corrected chi connectivity index (χ2v) is 4.87. The maximum absolute atomic E-state index is 12.1. The van der Waals surface area contributed by atoms with Crippen LogP contribution in [0.3, 0.4) is 0 Å². The van der Waals surface area contributed by atoms with Crippen molar-refractivity contribution in [2.75, 3.05) is 25.5 Å². The SMILES string of the molecule is CCc1cc(Cn2ncc(NCCNC)cc2=O)n(C)n1. The number of nitrogens with zero attached hydrogens (tertiary/aromatic N) is 4. The Morgan fingerprint density at radius 1 is 1.29 bits per heavy atom. The third-order valence-electron chi connectivity index (χ3n) is 3.28. The van der Waals surface area contributed by atoms with Gasteiger partial charge in [0.2, 0.25) is 0 Å². The van der Waals surface area contributed by atoms with E-state index in [1.165, 1.54) is 4.68 Å². The summed E-state index contributed by atoms with van der Waals surface area (Å²) >= 11 is 0. The molecular formula is C14H22N6O.